The highest BCUT2D eigenvalue weighted by Crippen LogP contribution is 2.34. The molecule has 1 amide bonds. The molecule has 2 aromatic rings. The highest BCUT2D eigenvalue weighted by molar-refractivity contribution is 7.13. The minimum absolute atomic E-state index is 0.0515. The zero-order chi connectivity index (χ0) is 21.0. The number of rotatable bonds is 6. The number of thiazole rings is 1. The molecule has 0 atom stereocenters. The van der Waals surface area contributed by atoms with E-state index in [1.165, 1.54) is 11.3 Å². The van der Waals surface area contributed by atoms with Crippen molar-refractivity contribution in [1.82, 2.24) is 9.88 Å². The van der Waals surface area contributed by atoms with Gasteiger partial charge in [0.1, 0.15) is 5.69 Å². The molecule has 0 radical (unpaired) electrons. The van der Waals surface area contributed by atoms with Crippen molar-refractivity contribution < 1.29 is 22.9 Å². The Labute approximate surface area is 168 Å². The SMILES string of the molecule is O=C(CCNc1ccc(C(F)(F)F)cc1[N+](=O)[O-])N1CCN(c2nccs2)CC1. The molecule has 0 spiro atoms. The molecule has 12 heteroatoms. The Hall–Kier alpha value is -2.89. The lowest BCUT2D eigenvalue weighted by molar-refractivity contribution is -0.384. The Morgan fingerprint density at radius 3 is 2.59 bits per heavy atom. The molecule has 1 N–H and O–H groups in total. The van der Waals surface area contributed by atoms with Gasteiger partial charge in [-0.2, -0.15) is 13.2 Å². The molecular weight excluding hydrogens is 411 g/mol. The third-order valence-electron chi connectivity index (χ3n) is 4.50. The topological polar surface area (TPSA) is 91.6 Å². The van der Waals surface area contributed by atoms with Crippen LogP contribution in [0, 0.1) is 10.1 Å². The van der Waals surface area contributed by atoms with Crippen LogP contribution < -0.4 is 10.2 Å². The molecule has 1 aromatic carbocycles. The molecule has 29 heavy (non-hydrogen) atoms. The zero-order valence-corrected chi connectivity index (χ0v) is 16.0. The van der Waals surface area contributed by atoms with E-state index >= 15 is 0 Å². The van der Waals surface area contributed by atoms with Gasteiger partial charge in [0, 0.05) is 56.8 Å². The smallest absolute Gasteiger partial charge is 0.379 e. The van der Waals surface area contributed by atoms with Gasteiger partial charge in [-0.05, 0) is 12.1 Å². The maximum absolute atomic E-state index is 12.7. The van der Waals surface area contributed by atoms with Crippen molar-refractivity contribution >= 4 is 33.8 Å². The van der Waals surface area contributed by atoms with Gasteiger partial charge in [-0.25, -0.2) is 4.98 Å². The number of nitro benzene ring substituents is 1. The number of amides is 1. The molecule has 1 fully saturated rings. The second-order valence-electron chi connectivity index (χ2n) is 6.35. The number of alkyl halides is 3. The van der Waals surface area contributed by atoms with Crippen LogP contribution in [0.3, 0.4) is 0 Å². The lowest BCUT2D eigenvalue weighted by Gasteiger charge is -2.34. The monoisotopic (exact) mass is 429 g/mol. The number of hydrogen-bond donors (Lipinski definition) is 1. The molecule has 156 valence electrons. The summed E-state index contributed by atoms with van der Waals surface area (Å²) < 4.78 is 38.2. The molecule has 1 aliphatic rings. The zero-order valence-electron chi connectivity index (χ0n) is 15.2. The Morgan fingerprint density at radius 1 is 1.28 bits per heavy atom. The quantitative estimate of drug-likeness (QED) is 0.560. The fourth-order valence-electron chi connectivity index (χ4n) is 2.99. The molecule has 1 aromatic heterocycles. The Kier molecular flexibility index (Phi) is 6.20. The molecule has 8 nitrogen and oxygen atoms in total. The van der Waals surface area contributed by atoms with Crippen molar-refractivity contribution in [3.05, 3.63) is 45.5 Å². The van der Waals surface area contributed by atoms with E-state index < -0.39 is 22.4 Å². The predicted octanol–water partition coefficient (Wildman–Crippen LogP) is 3.22. The van der Waals surface area contributed by atoms with Gasteiger partial charge in [-0.15, -0.1) is 11.3 Å². The molecule has 0 aliphatic carbocycles. The van der Waals surface area contributed by atoms with Crippen LogP contribution in [0.15, 0.2) is 29.8 Å². The van der Waals surface area contributed by atoms with Crippen molar-refractivity contribution in [3.8, 4) is 0 Å². The van der Waals surface area contributed by atoms with Crippen LogP contribution in [-0.4, -0.2) is 53.4 Å². The van der Waals surface area contributed by atoms with Crippen LogP contribution in [0.5, 0.6) is 0 Å². The highest BCUT2D eigenvalue weighted by Gasteiger charge is 2.33. The maximum Gasteiger partial charge on any atom is 0.416 e. The lowest BCUT2D eigenvalue weighted by Crippen LogP contribution is -2.49. The van der Waals surface area contributed by atoms with Gasteiger partial charge >= 0.3 is 6.18 Å². The Balaban J connectivity index is 1.52. The number of aromatic nitrogens is 1. The van der Waals surface area contributed by atoms with E-state index in [0.29, 0.717) is 32.2 Å². The number of piperazine rings is 1. The summed E-state index contributed by atoms with van der Waals surface area (Å²) in [5.41, 5.74) is -1.82. The summed E-state index contributed by atoms with van der Waals surface area (Å²) in [5.74, 6) is -0.120. The molecule has 0 unspecified atom stereocenters. The van der Waals surface area contributed by atoms with E-state index in [-0.39, 0.29) is 24.6 Å². The van der Waals surface area contributed by atoms with Gasteiger partial charge in [0.2, 0.25) is 5.91 Å². The average molecular weight is 429 g/mol. The average Bonchev–Trinajstić information content (AvgIpc) is 3.22. The van der Waals surface area contributed by atoms with Gasteiger partial charge < -0.3 is 15.1 Å². The van der Waals surface area contributed by atoms with E-state index in [9.17, 15) is 28.1 Å². The third-order valence-corrected chi connectivity index (χ3v) is 5.33. The van der Waals surface area contributed by atoms with Gasteiger partial charge in [0.25, 0.3) is 5.69 Å². The van der Waals surface area contributed by atoms with Crippen LogP contribution in [0.1, 0.15) is 12.0 Å². The van der Waals surface area contributed by atoms with Gasteiger partial charge in [0.15, 0.2) is 5.13 Å². The number of carbonyl (C=O) groups excluding carboxylic acids is 1. The van der Waals surface area contributed by atoms with Crippen molar-refractivity contribution in [2.24, 2.45) is 0 Å². The minimum Gasteiger partial charge on any atom is -0.379 e. The summed E-state index contributed by atoms with van der Waals surface area (Å²) >= 11 is 1.53. The summed E-state index contributed by atoms with van der Waals surface area (Å²) in [5, 5.41) is 16.6. The van der Waals surface area contributed by atoms with Gasteiger partial charge in [-0.3, -0.25) is 14.9 Å². The largest absolute Gasteiger partial charge is 0.416 e. The summed E-state index contributed by atoms with van der Waals surface area (Å²) in [4.78, 5) is 30.6. The highest BCUT2D eigenvalue weighted by atomic mass is 32.1. The first-order chi connectivity index (χ1) is 13.8. The number of carbonyl (C=O) groups is 1. The van der Waals surface area contributed by atoms with Crippen LogP contribution in [0.25, 0.3) is 0 Å². The number of halogens is 3. The lowest BCUT2D eigenvalue weighted by atomic mass is 10.1. The number of nitrogens with one attached hydrogen (secondary N) is 1. The Bertz CT molecular complexity index is 868. The predicted molar refractivity (Wildman–Crippen MR) is 102 cm³/mol. The fraction of sp³-hybridized carbons (Fsp3) is 0.412. The van der Waals surface area contributed by atoms with E-state index in [2.05, 4.69) is 15.2 Å². The van der Waals surface area contributed by atoms with Gasteiger partial charge in [-0.1, -0.05) is 0 Å². The molecule has 1 saturated heterocycles. The normalized spacial score (nSPS) is 14.7. The second-order valence-corrected chi connectivity index (χ2v) is 7.22. The molecule has 2 heterocycles. The van der Waals surface area contributed by atoms with E-state index in [4.69, 9.17) is 0 Å². The van der Waals surface area contributed by atoms with Crippen LogP contribution in [0.4, 0.5) is 29.7 Å². The number of hydrogen-bond acceptors (Lipinski definition) is 7. The fourth-order valence-corrected chi connectivity index (χ4v) is 3.69. The first-order valence-electron chi connectivity index (χ1n) is 8.77. The Morgan fingerprint density at radius 2 is 2.00 bits per heavy atom. The molecule has 1 aliphatic heterocycles. The standard InChI is InChI=1S/C17H18F3N5O3S/c18-17(19,20)12-1-2-13(14(11-12)25(27)28)21-4-3-15(26)23-6-8-24(9-7-23)16-22-5-10-29-16/h1-2,5,10-11,21H,3-4,6-9H2. The number of nitrogens with zero attached hydrogens (tertiary/aromatic N) is 4. The summed E-state index contributed by atoms with van der Waals surface area (Å²) in [6, 6.07) is 2.27. The first-order valence-corrected chi connectivity index (χ1v) is 9.65. The molecule has 0 bridgehead atoms. The van der Waals surface area contributed by atoms with Crippen molar-refractivity contribution in [3.63, 3.8) is 0 Å². The second kappa shape index (κ2) is 8.64. The summed E-state index contributed by atoms with van der Waals surface area (Å²) in [7, 11) is 0. The van der Waals surface area contributed by atoms with Crippen molar-refractivity contribution in [2.75, 3.05) is 42.9 Å². The van der Waals surface area contributed by atoms with Crippen LogP contribution >= 0.6 is 11.3 Å². The van der Waals surface area contributed by atoms with Crippen molar-refractivity contribution in [1.29, 1.82) is 0 Å². The molecule has 3 rings (SSSR count). The van der Waals surface area contributed by atoms with Crippen LogP contribution in [-0.2, 0) is 11.0 Å². The first kappa shape index (κ1) is 20.8. The number of nitro groups is 1. The van der Waals surface area contributed by atoms with Gasteiger partial charge in [0.05, 0.1) is 10.5 Å². The minimum atomic E-state index is -4.67. The van der Waals surface area contributed by atoms with E-state index in [1.807, 2.05) is 5.38 Å². The van der Waals surface area contributed by atoms with Crippen LogP contribution in [0.2, 0.25) is 0 Å². The molecular formula is C17H18F3N5O3S. The van der Waals surface area contributed by atoms with E-state index in [0.717, 1.165) is 17.3 Å². The van der Waals surface area contributed by atoms with E-state index in [1.54, 1.807) is 11.1 Å². The summed E-state index contributed by atoms with van der Waals surface area (Å²) in [6.07, 6.45) is -2.86. The molecule has 0 saturated carbocycles. The van der Waals surface area contributed by atoms with Crippen molar-refractivity contribution in [2.45, 2.75) is 12.6 Å². The summed E-state index contributed by atoms with van der Waals surface area (Å²) in [6.45, 7) is 2.49. The number of anilines is 2. The maximum atomic E-state index is 12.7. The third kappa shape index (κ3) is 5.13. The number of benzene rings is 1.